The van der Waals surface area contributed by atoms with E-state index >= 15 is 0 Å². The van der Waals surface area contributed by atoms with Gasteiger partial charge in [-0.2, -0.15) is 0 Å². The van der Waals surface area contributed by atoms with Crippen LogP contribution in [0.4, 0.5) is 0 Å². The highest BCUT2D eigenvalue weighted by molar-refractivity contribution is 6.18. The van der Waals surface area contributed by atoms with E-state index in [-0.39, 0.29) is 0 Å². The fourth-order valence-corrected chi connectivity index (χ4v) is 8.54. The Kier molecular flexibility index (Phi) is 6.27. The van der Waals surface area contributed by atoms with E-state index in [0.717, 1.165) is 82.8 Å². The molecule has 0 unspecified atom stereocenters. The van der Waals surface area contributed by atoms with Gasteiger partial charge in [-0.15, -0.1) is 0 Å². The molecule has 0 amide bonds. The van der Waals surface area contributed by atoms with Gasteiger partial charge in [0.2, 0.25) is 5.71 Å². The molecule has 0 spiro atoms. The maximum Gasteiger partial charge on any atom is 0.246 e. The zero-order valence-corrected chi connectivity index (χ0v) is 29.4. The second kappa shape index (κ2) is 11.5. The van der Waals surface area contributed by atoms with Crippen LogP contribution in [0.3, 0.4) is 0 Å². The average Bonchev–Trinajstić information content (AvgIpc) is 3.93. The molecule has 0 fully saturated rings. The zero-order chi connectivity index (χ0) is 36.0. The standard InChI is InChI=1S/C50H29N3O2/c1-2-13-35(14-3-1)53-42-18-7-6-16-37(42)39-27-33(20-23-43(39)53)31-11-8-12-32(26-31)34-22-24-44-40(28-34)47-38(17-9-19-45(47)54-44)41-29-51-49-48-36-15-5-4-10-30(36)21-25-46(48)55-50(49)52-41/h1-29H. The van der Waals surface area contributed by atoms with Gasteiger partial charge < -0.3 is 13.4 Å². The van der Waals surface area contributed by atoms with Crippen molar-refractivity contribution >= 4 is 76.7 Å². The van der Waals surface area contributed by atoms with Crippen LogP contribution in [0, 0.1) is 0 Å². The molecule has 0 saturated carbocycles. The molecule has 4 aromatic heterocycles. The summed E-state index contributed by atoms with van der Waals surface area (Å²) in [7, 11) is 0. The first-order valence-electron chi connectivity index (χ1n) is 18.5. The summed E-state index contributed by atoms with van der Waals surface area (Å²) < 4.78 is 15.1. The van der Waals surface area contributed by atoms with E-state index in [1.165, 1.54) is 27.4 Å². The van der Waals surface area contributed by atoms with Crippen LogP contribution in [0.25, 0.3) is 116 Å². The van der Waals surface area contributed by atoms with Crippen LogP contribution in [0.5, 0.6) is 0 Å². The lowest BCUT2D eigenvalue weighted by atomic mass is 9.96. The summed E-state index contributed by atoms with van der Waals surface area (Å²) in [6, 6.07) is 59.8. The van der Waals surface area contributed by atoms with Crippen molar-refractivity contribution in [2.45, 2.75) is 0 Å². The minimum absolute atomic E-state index is 0.522. The largest absolute Gasteiger partial charge is 0.456 e. The quantitative estimate of drug-likeness (QED) is 0.183. The van der Waals surface area contributed by atoms with Gasteiger partial charge in [-0.05, 0) is 93.7 Å². The molecule has 256 valence electrons. The molecular weight excluding hydrogens is 675 g/mol. The van der Waals surface area contributed by atoms with Crippen molar-refractivity contribution in [1.82, 2.24) is 14.5 Å². The number of fused-ring (bicyclic) bond motifs is 11. The van der Waals surface area contributed by atoms with Crippen LogP contribution >= 0.6 is 0 Å². The first-order valence-corrected chi connectivity index (χ1v) is 18.5. The van der Waals surface area contributed by atoms with Crippen molar-refractivity contribution in [3.8, 4) is 39.2 Å². The molecule has 0 N–H and O–H groups in total. The molecule has 5 heteroatoms. The van der Waals surface area contributed by atoms with Crippen LogP contribution in [0.2, 0.25) is 0 Å². The minimum Gasteiger partial charge on any atom is -0.456 e. The number of para-hydroxylation sites is 2. The summed E-state index contributed by atoms with van der Waals surface area (Å²) in [4.78, 5) is 9.97. The Labute approximate surface area is 314 Å². The average molecular weight is 704 g/mol. The van der Waals surface area contributed by atoms with Crippen LogP contribution in [0.1, 0.15) is 0 Å². The first kappa shape index (κ1) is 30.0. The normalized spacial score (nSPS) is 12.0. The van der Waals surface area contributed by atoms with E-state index in [4.69, 9.17) is 18.8 Å². The first-order chi connectivity index (χ1) is 27.2. The lowest BCUT2D eigenvalue weighted by molar-refractivity contribution is 0.653. The Morgan fingerprint density at radius 1 is 0.436 bits per heavy atom. The molecule has 4 heterocycles. The molecule has 0 radical (unpaired) electrons. The maximum absolute atomic E-state index is 6.42. The van der Waals surface area contributed by atoms with Gasteiger partial charge in [0.1, 0.15) is 22.3 Å². The smallest absolute Gasteiger partial charge is 0.246 e. The van der Waals surface area contributed by atoms with Gasteiger partial charge in [-0.25, -0.2) is 9.97 Å². The van der Waals surface area contributed by atoms with Crippen molar-refractivity contribution in [2.75, 3.05) is 0 Å². The molecule has 0 aliphatic carbocycles. The van der Waals surface area contributed by atoms with Crippen LogP contribution in [-0.4, -0.2) is 14.5 Å². The van der Waals surface area contributed by atoms with Crippen molar-refractivity contribution in [2.24, 2.45) is 0 Å². The second-order valence-corrected chi connectivity index (χ2v) is 14.2. The SMILES string of the molecule is c1ccc(-n2c3ccccc3c3cc(-c4cccc(-c5ccc6oc7cccc(-c8cnc9c(n8)oc8ccc%10ccccc%10c89)c7c6c5)c4)ccc32)cc1. The molecule has 0 aliphatic rings. The fraction of sp³-hybridized carbons (Fsp3) is 0. The third kappa shape index (κ3) is 4.53. The number of hydrogen-bond acceptors (Lipinski definition) is 4. The third-order valence-corrected chi connectivity index (χ3v) is 11.1. The number of nitrogens with zero attached hydrogens (tertiary/aromatic N) is 3. The van der Waals surface area contributed by atoms with Crippen LogP contribution in [0.15, 0.2) is 185 Å². The van der Waals surface area contributed by atoms with Gasteiger partial charge in [0.15, 0.2) is 0 Å². The Balaban J connectivity index is 0.969. The van der Waals surface area contributed by atoms with Crippen molar-refractivity contribution in [3.63, 3.8) is 0 Å². The molecule has 0 saturated heterocycles. The Bertz CT molecular complexity index is 3500. The van der Waals surface area contributed by atoms with Gasteiger partial charge >= 0.3 is 0 Å². The van der Waals surface area contributed by atoms with Gasteiger partial charge in [-0.3, -0.25) is 0 Å². The number of rotatable bonds is 4. The Morgan fingerprint density at radius 3 is 2.02 bits per heavy atom. The number of furan rings is 2. The molecule has 5 nitrogen and oxygen atoms in total. The predicted molar refractivity (Wildman–Crippen MR) is 225 cm³/mol. The molecule has 12 aromatic rings. The van der Waals surface area contributed by atoms with Crippen molar-refractivity contribution in [1.29, 1.82) is 0 Å². The van der Waals surface area contributed by atoms with E-state index in [2.05, 4.69) is 144 Å². The Morgan fingerprint density at radius 2 is 1.13 bits per heavy atom. The zero-order valence-electron chi connectivity index (χ0n) is 29.4. The van der Waals surface area contributed by atoms with Gasteiger partial charge in [0.05, 0.1) is 28.3 Å². The number of hydrogen-bond donors (Lipinski definition) is 0. The summed E-state index contributed by atoms with van der Waals surface area (Å²) in [5, 5.41) is 7.75. The van der Waals surface area contributed by atoms with E-state index in [0.29, 0.717) is 5.71 Å². The van der Waals surface area contributed by atoms with E-state index in [9.17, 15) is 0 Å². The van der Waals surface area contributed by atoms with E-state index < -0.39 is 0 Å². The summed E-state index contributed by atoms with van der Waals surface area (Å²) in [5.41, 5.74) is 13.5. The highest BCUT2D eigenvalue weighted by Gasteiger charge is 2.19. The fourth-order valence-electron chi connectivity index (χ4n) is 8.54. The monoisotopic (exact) mass is 703 g/mol. The lowest BCUT2D eigenvalue weighted by Gasteiger charge is -2.09. The molecular formula is C50H29N3O2. The number of benzene rings is 8. The van der Waals surface area contributed by atoms with Gasteiger partial charge in [0.25, 0.3) is 0 Å². The summed E-state index contributed by atoms with van der Waals surface area (Å²) >= 11 is 0. The minimum atomic E-state index is 0.522. The maximum atomic E-state index is 6.42. The van der Waals surface area contributed by atoms with Crippen molar-refractivity contribution in [3.05, 3.63) is 176 Å². The molecule has 8 aromatic carbocycles. The second-order valence-electron chi connectivity index (χ2n) is 14.2. The topological polar surface area (TPSA) is 57.0 Å². The van der Waals surface area contributed by atoms with Gasteiger partial charge in [0, 0.05) is 32.8 Å². The highest BCUT2D eigenvalue weighted by atomic mass is 16.3. The predicted octanol–water partition coefficient (Wildman–Crippen LogP) is 13.5. The summed E-state index contributed by atoms with van der Waals surface area (Å²) in [5.74, 6) is 0. The molecule has 0 bridgehead atoms. The molecule has 0 aliphatic heterocycles. The highest BCUT2D eigenvalue weighted by Crippen LogP contribution is 2.41. The van der Waals surface area contributed by atoms with Crippen molar-refractivity contribution < 1.29 is 8.83 Å². The molecule has 55 heavy (non-hydrogen) atoms. The third-order valence-electron chi connectivity index (χ3n) is 11.1. The molecule has 12 rings (SSSR count). The molecule has 0 atom stereocenters. The summed E-state index contributed by atoms with van der Waals surface area (Å²) in [6.45, 7) is 0. The van der Waals surface area contributed by atoms with Crippen LogP contribution < -0.4 is 0 Å². The van der Waals surface area contributed by atoms with Gasteiger partial charge in [-0.1, -0.05) is 109 Å². The van der Waals surface area contributed by atoms with E-state index in [1.54, 1.807) is 0 Å². The Hall–Kier alpha value is -7.50. The number of aromatic nitrogens is 3. The van der Waals surface area contributed by atoms with E-state index in [1.807, 2.05) is 36.5 Å². The summed E-state index contributed by atoms with van der Waals surface area (Å²) in [6.07, 6.45) is 1.86. The lowest BCUT2D eigenvalue weighted by Crippen LogP contribution is -1.92. The van der Waals surface area contributed by atoms with Crippen LogP contribution in [-0.2, 0) is 0 Å².